The molecule has 9 heteroatoms. The number of hydrogen-bond donors (Lipinski definition) is 1. The number of fused-ring (bicyclic) bond motifs is 1. The number of carbonyl (C=O) groups is 1. The van der Waals surface area contributed by atoms with Crippen LogP contribution in [0.1, 0.15) is 17.5 Å². The summed E-state index contributed by atoms with van der Waals surface area (Å²) >= 11 is 0. The van der Waals surface area contributed by atoms with Crippen molar-refractivity contribution in [2.75, 3.05) is 13.6 Å². The van der Waals surface area contributed by atoms with Gasteiger partial charge in [0, 0.05) is 26.6 Å². The summed E-state index contributed by atoms with van der Waals surface area (Å²) in [7, 11) is -2.27. The lowest BCUT2D eigenvalue weighted by molar-refractivity contribution is -0.137. The standard InChI is InChI=1S/C22H21F3N2O3S/c1-27(15-16-6-9-19(10-7-16)22(23,24)25)21(28)12-13-26-31(29,30)20-11-8-17-4-2-3-5-18(17)14-20/h2-11,14,26H,12-13,15H2,1H3. The lowest BCUT2D eigenvalue weighted by Gasteiger charge is -2.18. The first-order valence-electron chi connectivity index (χ1n) is 9.45. The number of benzene rings is 3. The van der Waals surface area contributed by atoms with Crippen LogP contribution in [0.25, 0.3) is 10.8 Å². The maximum absolute atomic E-state index is 12.6. The predicted octanol–water partition coefficient (Wildman–Crippen LogP) is 4.19. The summed E-state index contributed by atoms with van der Waals surface area (Å²) in [5.41, 5.74) is -0.214. The maximum Gasteiger partial charge on any atom is 0.416 e. The lowest BCUT2D eigenvalue weighted by Crippen LogP contribution is -2.32. The molecule has 0 saturated carbocycles. The van der Waals surface area contributed by atoms with E-state index in [4.69, 9.17) is 0 Å². The van der Waals surface area contributed by atoms with Crippen LogP contribution in [0.3, 0.4) is 0 Å². The van der Waals surface area contributed by atoms with E-state index in [0.717, 1.165) is 22.9 Å². The number of hydrogen-bond acceptors (Lipinski definition) is 3. The van der Waals surface area contributed by atoms with Crippen molar-refractivity contribution in [3.63, 3.8) is 0 Å². The molecule has 31 heavy (non-hydrogen) atoms. The number of nitrogens with one attached hydrogen (secondary N) is 1. The van der Waals surface area contributed by atoms with Crippen LogP contribution < -0.4 is 4.72 Å². The van der Waals surface area contributed by atoms with E-state index in [1.165, 1.54) is 30.1 Å². The van der Waals surface area contributed by atoms with Crippen molar-refractivity contribution in [1.82, 2.24) is 9.62 Å². The minimum atomic E-state index is -4.41. The summed E-state index contributed by atoms with van der Waals surface area (Å²) in [6, 6.07) is 16.7. The van der Waals surface area contributed by atoms with Gasteiger partial charge in [-0.15, -0.1) is 0 Å². The number of nitrogens with zero attached hydrogens (tertiary/aromatic N) is 1. The molecule has 0 heterocycles. The Balaban J connectivity index is 1.54. The Morgan fingerprint density at radius 1 is 0.968 bits per heavy atom. The molecule has 0 radical (unpaired) electrons. The second-order valence-electron chi connectivity index (χ2n) is 7.10. The Hall–Kier alpha value is -2.91. The lowest BCUT2D eigenvalue weighted by atomic mass is 10.1. The highest BCUT2D eigenvalue weighted by Crippen LogP contribution is 2.29. The van der Waals surface area contributed by atoms with Gasteiger partial charge in [-0.1, -0.05) is 42.5 Å². The minimum Gasteiger partial charge on any atom is -0.341 e. The average Bonchev–Trinajstić information content (AvgIpc) is 2.73. The van der Waals surface area contributed by atoms with E-state index in [9.17, 15) is 26.4 Å². The third kappa shape index (κ3) is 5.83. The average molecular weight is 450 g/mol. The Morgan fingerprint density at radius 3 is 2.26 bits per heavy atom. The van der Waals surface area contributed by atoms with Gasteiger partial charge in [-0.05, 0) is 40.6 Å². The largest absolute Gasteiger partial charge is 0.416 e. The molecule has 1 N–H and O–H groups in total. The molecule has 3 aromatic rings. The number of amides is 1. The van der Waals surface area contributed by atoms with Gasteiger partial charge in [0.1, 0.15) is 0 Å². The van der Waals surface area contributed by atoms with Gasteiger partial charge in [0.05, 0.1) is 10.5 Å². The molecule has 0 spiro atoms. The van der Waals surface area contributed by atoms with Crippen LogP contribution in [-0.2, 0) is 27.5 Å². The van der Waals surface area contributed by atoms with Crippen LogP contribution in [0.5, 0.6) is 0 Å². The number of alkyl halides is 3. The molecule has 0 atom stereocenters. The SMILES string of the molecule is CN(Cc1ccc(C(F)(F)F)cc1)C(=O)CCNS(=O)(=O)c1ccc2ccccc2c1. The van der Waals surface area contributed by atoms with Crippen molar-refractivity contribution in [3.8, 4) is 0 Å². The highest BCUT2D eigenvalue weighted by molar-refractivity contribution is 7.89. The van der Waals surface area contributed by atoms with E-state index in [1.54, 1.807) is 12.1 Å². The van der Waals surface area contributed by atoms with Gasteiger partial charge in [0.2, 0.25) is 15.9 Å². The third-order valence-electron chi connectivity index (χ3n) is 4.79. The van der Waals surface area contributed by atoms with Gasteiger partial charge < -0.3 is 4.90 Å². The molecular weight excluding hydrogens is 429 g/mol. The van der Waals surface area contributed by atoms with Gasteiger partial charge in [-0.3, -0.25) is 4.79 Å². The van der Waals surface area contributed by atoms with Crippen LogP contribution in [0, 0.1) is 0 Å². The molecular formula is C22H21F3N2O3S. The molecule has 0 bridgehead atoms. The molecule has 0 aliphatic carbocycles. The monoisotopic (exact) mass is 450 g/mol. The van der Waals surface area contributed by atoms with Gasteiger partial charge in [0.15, 0.2) is 0 Å². The van der Waals surface area contributed by atoms with E-state index in [0.29, 0.717) is 5.56 Å². The first kappa shape index (κ1) is 22.8. The molecule has 164 valence electrons. The van der Waals surface area contributed by atoms with Crippen molar-refractivity contribution >= 4 is 26.7 Å². The molecule has 3 aromatic carbocycles. The molecule has 0 aromatic heterocycles. The van der Waals surface area contributed by atoms with E-state index >= 15 is 0 Å². The first-order valence-corrected chi connectivity index (χ1v) is 10.9. The number of sulfonamides is 1. The summed E-state index contributed by atoms with van der Waals surface area (Å²) in [6.07, 6.45) is -4.49. The van der Waals surface area contributed by atoms with Crippen molar-refractivity contribution in [2.24, 2.45) is 0 Å². The third-order valence-corrected chi connectivity index (χ3v) is 6.25. The molecule has 0 fully saturated rings. The fraction of sp³-hybridized carbons (Fsp3) is 0.227. The van der Waals surface area contributed by atoms with E-state index in [1.807, 2.05) is 24.3 Å². The number of rotatable bonds is 7. The molecule has 0 saturated heterocycles. The van der Waals surface area contributed by atoms with E-state index < -0.39 is 21.8 Å². The van der Waals surface area contributed by atoms with Crippen LogP contribution >= 0.6 is 0 Å². The molecule has 3 rings (SSSR count). The number of halogens is 3. The fourth-order valence-corrected chi connectivity index (χ4v) is 4.13. The summed E-state index contributed by atoms with van der Waals surface area (Å²) in [4.78, 5) is 13.7. The zero-order valence-electron chi connectivity index (χ0n) is 16.7. The Bertz CT molecular complexity index is 1180. The second kappa shape index (κ2) is 9.07. The van der Waals surface area contributed by atoms with Gasteiger partial charge in [0.25, 0.3) is 0 Å². The minimum absolute atomic E-state index is 0.0794. The first-order chi connectivity index (χ1) is 14.6. The van der Waals surface area contributed by atoms with Crippen molar-refractivity contribution in [1.29, 1.82) is 0 Å². The van der Waals surface area contributed by atoms with Gasteiger partial charge in [-0.25, -0.2) is 13.1 Å². The van der Waals surface area contributed by atoms with Crippen LogP contribution in [-0.4, -0.2) is 32.8 Å². The highest BCUT2D eigenvalue weighted by atomic mass is 32.2. The second-order valence-corrected chi connectivity index (χ2v) is 8.87. The Kier molecular flexibility index (Phi) is 6.66. The normalized spacial score (nSPS) is 12.1. The smallest absolute Gasteiger partial charge is 0.341 e. The molecule has 0 unspecified atom stereocenters. The summed E-state index contributed by atoms with van der Waals surface area (Å²) < 4.78 is 65.3. The summed E-state index contributed by atoms with van der Waals surface area (Å²) in [5, 5.41) is 1.71. The van der Waals surface area contributed by atoms with Crippen molar-refractivity contribution < 1.29 is 26.4 Å². The van der Waals surface area contributed by atoms with Gasteiger partial charge in [-0.2, -0.15) is 13.2 Å². The predicted molar refractivity (Wildman–Crippen MR) is 112 cm³/mol. The highest BCUT2D eigenvalue weighted by Gasteiger charge is 2.30. The van der Waals surface area contributed by atoms with Crippen molar-refractivity contribution in [3.05, 3.63) is 77.9 Å². The molecule has 0 aliphatic heterocycles. The Morgan fingerprint density at radius 2 is 1.61 bits per heavy atom. The summed E-state index contributed by atoms with van der Waals surface area (Å²) in [5.74, 6) is -0.332. The topological polar surface area (TPSA) is 66.5 Å². The quantitative estimate of drug-likeness (QED) is 0.587. The molecule has 0 aliphatic rings. The van der Waals surface area contributed by atoms with Crippen LogP contribution in [0.4, 0.5) is 13.2 Å². The zero-order chi connectivity index (χ0) is 22.6. The van der Waals surface area contributed by atoms with Crippen molar-refractivity contribution in [2.45, 2.75) is 24.0 Å². The number of carbonyl (C=O) groups excluding carboxylic acids is 1. The van der Waals surface area contributed by atoms with Gasteiger partial charge >= 0.3 is 6.18 Å². The fourth-order valence-electron chi connectivity index (χ4n) is 3.06. The van der Waals surface area contributed by atoms with E-state index in [-0.39, 0.29) is 30.3 Å². The van der Waals surface area contributed by atoms with Crippen LogP contribution in [0.2, 0.25) is 0 Å². The zero-order valence-corrected chi connectivity index (χ0v) is 17.5. The van der Waals surface area contributed by atoms with Crippen LogP contribution in [0.15, 0.2) is 71.6 Å². The summed E-state index contributed by atoms with van der Waals surface area (Å²) in [6.45, 7) is 0.0275. The van der Waals surface area contributed by atoms with E-state index in [2.05, 4.69) is 4.72 Å². The Labute approximate surface area is 178 Å². The molecule has 5 nitrogen and oxygen atoms in total. The molecule has 1 amide bonds. The maximum atomic E-state index is 12.6.